The highest BCUT2D eigenvalue weighted by atomic mass is 15.2. The third-order valence-corrected chi connectivity index (χ3v) is 13.1. The molecule has 0 saturated carbocycles. The molecule has 1 nitrogen and oxygen atoms in total. The van der Waals surface area contributed by atoms with Gasteiger partial charge in [-0.1, -0.05) is 231 Å². The Morgan fingerprint density at radius 3 is 1.53 bits per heavy atom. The van der Waals surface area contributed by atoms with E-state index in [9.17, 15) is 0 Å². The van der Waals surface area contributed by atoms with Crippen LogP contribution in [0.1, 0.15) is 22.3 Å². The number of benzene rings is 11. The van der Waals surface area contributed by atoms with Crippen LogP contribution in [0.3, 0.4) is 0 Å². The number of hydrogen-bond donors (Lipinski definition) is 0. The Labute approximate surface area is 362 Å². The van der Waals surface area contributed by atoms with Gasteiger partial charge >= 0.3 is 0 Å². The summed E-state index contributed by atoms with van der Waals surface area (Å²) in [6.07, 6.45) is 0. The van der Waals surface area contributed by atoms with Crippen LogP contribution in [0.25, 0.3) is 65.7 Å². The summed E-state index contributed by atoms with van der Waals surface area (Å²) in [5.74, 6) is 0. The molecule has 1 aliphatic carbocycles. The van der Waals surface area contributed by atoms with Crippen molar-refractivity contribution in [2.75, 3.05) is 4.90 Å². The topological polar surface area (TPSA) is 3.24 Å². The van der Waals surface area contributed by atoms with E-state index >= 15 is 0 Å². The highest BCUT2D eigenvalue weighted by Gasteiger charge is 2.47. The first kappa shape index (κ1) is 35.9. The molecule has 0 unspecified atom stereocenters. The summed E-state index contributed by atoms with van der Waals surface area (Å²) in [5, 5.41) is 7.31. The van der Waals surface area contributed by atoms with E-state index in [2.05, 4.69) is 254 Å². The number of fused-ring (bicyclic) bond motifs is 7. The predicted molar refractivity (Wildman–Crippen MR) is 262 cm³/mol. The van der Waals surface area contributed by atoms with Gasteiger partial charge in [0.2, 0.25) is 0 Å². The fourth-order valence-corrected chi connectivity index (χ4v) is 10.6. The standard InChI is InChI=1S/C61H41N/c1-4-22-43(23-5-1)48-29-17-19-37-56(48)62(60-52-33-15-13-31-50(52)49-30-12-14-32-51(49)58(60)45-40-39-42-21-10-11-24-44(42)41-45)57-38-20-36-55-59(57)53-34-16-18-35-54(53)61(55,46-25-6-2-7-26-46)47-27-8-3-9-28-47/h1-41H. The van der Waals surface area contributed by atoms with Crippen LogP contribution in [0, 0.1) is 0 Å². The van der Waals surface area contributed by atoms with Crippen molar-refractivity contribution < 1.29 is 0 Å². The number of para-hydroxylation sites is 1. The lowest BCUT2D eigenvalue weighted by molar-refractivity contribution is 0.768. The molecule has 0 spiro atoms. The molecule has 62 heavy (non-hydrogen) atoms. The molecule has 1 heteroatoms. The van der Waals surface area contributed by atoms with Crippen molar-refractivity contribution in [3.8, 4) is 33.4 Å². The SMILES string of the molecule is c1ccc(-c2ccccc2N(c2cccc3c2-c2ccccc2C3(c2ccccc2)c2ccccc2)c2c(-c3ccc4ccccc4c3)c3ccccc3c3ccccc23)cc1. The lowest BCUT2D eigenvalue weighted by Crippen LogP contribution is -2.28. The molecular weight excluding hydrogens is 747 g/mol. The van der Waals surface area contributed by atoms with E-state index in [-0.39, 0.29) is 0 Å². The second-order valence-electron chi connectivity index (χ2n) is 16.3. The second-order valence-corrected chi connectivity index (χ2v) is 16.3. The van der Waals surface area contributed by atoms with Crippen molar-refractivity contribution in [2.24, 2.45) is 0 Å². The molecule has 0 aromatic heterocycles. The molecule has 0 N–H and O–H groups in total. The fourth-order valence-electron chi connectivity index (χ4n) is 10.6. The molecule has 290 valence electrons. The maximum absolute atomic E-state index is 2.61. The van der Waals surface area contributed by atoms with E-state index in [1.165, 1.54) is 82.4 Å². The molecule has 0 aliphatic heterocycles. The zero-order valence-corrected chi connectivity index (χ0v) is 34.1. The van der Waals surface area contributed by atoms with Gasteiger partial charge in [-0.25, -0.2) is 0 Å². The normalized spacial score (nSPS) is 12.6. The van der Waals surface area contributed by atoms with Gasteiger partial charge < -0.3 is 4.90 Å². The van der Waals surface area contributed by atoms with E-state index in [4.69, 9.17) is 0 Å². The average Bonchev–Trinajstić information content (AvgIpc) is 3.66. The fraction of sp³-hybridized carbons (Fsp3) is 0.0164. The predicted octanol–water partition coefficient (Wildman–Crippen LogP) is 16.3. The van der Waals surface area contributed by atoms with E-state index in [0.717, 1.165) is 22.6 Å². The molecule has 1 aliphatic rings. The van der Waals surface area contributed by atoms with Crippen LogP contribution < -0.4 is 4.90 Å². The smallest absolute Gasteiger partial charge is 0.0714 e. The average molecular weight is 788 g/mol. The Kier molecular flexibility index (Phi) is 8.47. The van der Waals surface area contributed by atoms with Gasteiger partial charge in [-0.2, -0.15) is 0 Å². The third-order valence-electron chi connectivity index (χ3n) is 13.1. The van der Waals surface area contributed by atoms with E-state index in [0.29, 0.717) is 0 Å². The molecule has 11 aromatic rings. The van der Waals surface area contributed by atoms with Crippen molar-refractivity contribution in [1.29, 1.82) is 0 Å². The van der Waals surface area contributed by atoms with Gasteiger partial charge in [0, 0.05) is 22.1 Å². The summed E-state index contributed by atoms with van der Waals surface area (Å²) in [5.41, 5.74) is 15.1. The monoisotopic (exact) mass is 787 g/mol. The quantitative estimate of drug-likeness (QED) is 0.145. The van der Waals surface area contributed by atoms with Crippen LogP contribution in [0.5, 0.6) is 0 Å². The summed E-state index contributed by atoms with van der Waals surface area (Å²) >= 11 is 0. The lowest BCUT2D eigenvalue weighted by Gasteiger charge is -2.35. The molecule has 12 rings (SSSR count). The van der Waals surface area contributed by atoms with Crippen LogP contribution in [-0.4, -0.2) is 0 Å². The summed E-state index contributed by atoms with van der Waals surface area (Å²) in [7, 11) is 0. The van der Waals surface area contributed by atoms with Gasteiger partial charge in [-0.15, -0.1) is 0 Å². The zero-order valence-electron chi connectivity index (χ0n) is 34.1. The molecule has 0 atom stereocenters. The van der Waals surface area contributed by atoms with Crippen LogP contribution in [0.15, 0.2) is 249 Å². The first-order valence-corrected chi connectivity index (χ1v) is 21.5. The van der Waals surface area contributed by atoms with Crippen molar-refractivity contribution >= 4 is 49.4 Å². The van der Waals surface area contributed by atoms with E-state index in [1.807, 2.05) is 0 Å². The van der Waals surface area contributed by atoms with Gasteiger partial charge in [0.25, 0.3) is 0 Å². The van der Waals surface area contributed by atoms with Crippen LogP contribution in [0.4, 0.5) is 17.1 Å². The minimum atomic E-state index is -0.554. The molecule has 0 radical (unpaired) electrons. The van der Waals surface area contributed by atoms with Gasteiger partial charge in [0.1, 0.15) is 0 Å². The number of hydrogen-bond acceptors (Lipinski definition) is 1. The van der Waals surface area contributed by atoms with Crippen LogP contribution in [0.2, 0.25) is 0 Å². The molecule has 0 heterocycles. The van der Waals surface area contributed by atoms with Crippen molar-refractivity contribution in [3.05, 3.63) is 271 Å². The molecule has 0 saturated heterocycles. The van der Waals surface area contributed by atoms with Crippen molar-refractivity contribution in [3.63, 3.8) is 0 Å². The summed E-state index contributed by atoms with van der Waals surface area (Å²) in [6, 6.07) is 91.9. The molecule has 0 amide bonds. The highest BCUT2D eigenvalue weighted by molar-refractivity contribution is 6.23. The lowest BCUT2D eigenvalue weighted by atomic mass is 9.68. The molecule has 0 bridgehead atoms. The number of rotatable bonds is 7. The Balaban J connectivity index is 1.28. The Hall–Kier alpha value is -8.00. The van der Waals surface area contributed by atoms with Crippen LogP contribution in [-0.2, 0) is 5.41 Å². The minimum Gasteiger partial charge on any atom is -0.308 e. The molecule has 0 fully saturated rings. The third kappa shape index (κ3) is 5.42. The minimum absolute atomic E-state index is 0.554. The van der Waals surface area contributed by atoms with Gasteiger partial charge in [-0.3, -0.25) is 0 Å². The van der Waals surface area contributed by atoms with E-state index < -0.39 is 5.41 Å². The summed E-state index contributed by atoms with van der Waals surface area (Å²) in [4.78, 5) is 2.61. The number of nitrogens with zero attached hydrogens (tertiary/aromatic N) is 1. The van der Waals surface area contributed by atoms with E-state index in [1.54, 1.807) is 0 Å². The van der Waals surface area contributed by atoms with Crippen molar-refractivity contribution in [1.82, 2.24) is 0 Å². The first-order valence-electron chi connectivity index (χ1n) is 21.5. The summed E-state index contributed by atoms with van der Waals surface area (Å²) in [6.45, 7) is 0. The largest absolute Gasteiger partial charge is 0.308 e. The Bertz CT molecular complexity index is 3420. The van der Waals surface area contributed by atoms with Gasteiger partial charge in [0.05, 0.1) is 22.5 Å². The van der Waals surface area contributed by atoms with Gasteiger partial charge in [-0.05, 0) is 84.1 Å². The Morgan fingerprint density at radius 2 is 0.806 bits per heavy atom. The van der Waals surface area contributed by atoms with Crippen molar-refractivity contribution in [2.45, 2.75) is 5.41 Å². The second kappa shape index (κ2) is 14.6. The maximum Gasteiger partial charge on any atom is 0.0714 e. The molecule has 11 aromatic carbocycles. The zero-order chi connectivity index (χ0) is 41.0. The Morgan fingerprint density at radius 1 is 0.290 bits per heavy atom. The van der Waals surface area contributed by atoms with Crippen LogP contribution >= 0.6 is 0 Å². The molecular formula is C61H41N. The summed E-state index contributed by atoms with van der Waals surface area (Å²) < 4.78 is 0. The number of anilines is 3. The maximum atomic E-state index is 2.61. The van der Waals surface area contributed by atoms with Gasteiger partial charge in [0.15, 0.2) is 0 Å². The first-order chi connectivity index (χ1) is 30.8. The highest BCUT2D eigenvalue weighted by Crippen LogP contribution is 2.61.